The number of nitrogens with zero attached hydrogens (tertiary/aromatic N) is 3. The lowest BCUT2D eigenvalue weighted by Crippen LogP contribution is -1.98. The molecule has 0 aliphatic heterocycles. The van der Waals surface area contributed by atoms with Crippen LogP contribution in [0.25, 0.3) is 0 Å². The minimum atomic E-state index is -0.382. The van der Waals surface area contributed by atoms with E-state index in [4.69, 9.17) is 0 Å². The molecule has 1 N–H and O–H groups in total. The molecule has 1 atom stereocenters. The van der Waals surface area contributed by atoms with Gasteiger partial charge >= 0.3 is 0 Å². The Labute approximate surface area is 101 Å². The lowest BCUT2D eigenvalue weighted by Gasteiger charge is -2.09. The number of rotatable bonds is 5. The van der Waals surface area contributed by atoms with Gasteiger partial charge in [-0.15, -0.1) is 5.10 Å². The lowest BCUT2D eigenvalue weighted by molar-refractivity contribution is 0.164. The van der Waals surface area contributed by atoms with Crippen molar-refractivity contribution in [3.05, 3.63) is 47.8 Å². The third-order valence-corrected chi connectivity index (χ3v) is 2.74. The number of benzene rings is 1. The van der Waals surface area contributed by atoms with E-state index in [1.54, 1.807) is 4.68 Å². The number of aryl methyl sites for hydroxylation is 2. The zero-order valence-electron chi connectivity index (χ0n) is 9.95. The van der Waals surface area contributed by atoms with Crippen molar-refractivity contribution in [2.24, 2.45) is 7.05 Å². The highest BCUT2D eigenvalue weighted by molar-refractivity contribution is 5.17. The van der Waals surface area contributed by atoms with E-state index in [1.807, 2.05) is 43.6 Å². The Bertz CT molecular complexity index is 453. The maximum atomic E-state index is 9.96. The van der Waals surface area contributed by atoms with Crippen LogP contribution < -0.4 is 0 Å². The van der Waals surface area contributed by atoms with Gasteiger partial charge in [0.1, 0.15) is 0 Å². The minimum absolute atomic E-state index is 0.382. The molecule has 0 aliphatic carbocycles. The fraction of sp³-hybridized carbons (Fsp3) is 0.385. The van der Waals surface area contributed by atoms with Crippen LogP contribution in [0.1, 0.15) is 30.2 Å². The summed E-state index contributed by atoms with van der Waals surface area (Å²) in [5, 5.41) is 17.9. The van der Waals surface area contributed by atoms with Gasteiger partial charge < -0.3 is 5.11 Å². The zero-order valence-corrected chi connectivity index (χ0v) is 9.95. The second-order valence-electron chi connectivity index (χ2n) is 4.20. The van der Waals surface area contributed by atoms with Crippen molar-refractivity contribution >= 4 is 0 Å². The number of aliphatic hydroxyl groups is 1. The monoisotopic (exact) mass is 231 g/mol. The van der Waals surface area contributed by atoms with E-state index in [1.165, 1.54) is 0 Å². The van der Waals surface area contributed by atoms with E-state index < -0.39 is 0 Å². The predicted octanol–water partition coefficient (Wildman–Crippen LogP) is 1.87. The predicted molar refractivity (Wildman–Crippen MR) is 65.3 cm³/mol. The Morgan fingerprint density at radius 2 is 2.06 bits per heavy atom. The fourth-order valence-corrected chi connectivity index (χ4v) is 1.83. The summed E-state index contributed by atoms with van der Waals surface area (Å²) in [5.41, 5.74) is 1.96. The third-order valence-electron chi connectivity index (χ3n) is 2.74. The smallest absolute Gasteiger partial charge is 0.0827 e. The highest BCUT2D eigenvalue weighted by Crippen LogP contribution is 2.18. The summed E-state index contributed by atoms with van der Waals surface area (Å²) in [5.74, 6) is 0. The summed E-state index contributed by atoms with van der Waals surface area (Å²) in [6, 6.07) is 9.75. The van der Waals surface area contributed by atoms with Crippen LogP contribution in [0.5, 0.6) is 0 Å². The Hall–Kier alpha value is -1.68. The zero-order chi connectivity index (χ0) is 12.1. The van der Waals surface area contributed by atoms with Gasteiger partial charge in [0.15, 0.2) is 0 Å². The summed E-state index contributed by atoms with van der Waals surface area (Å²) in [6.07, 6.45) is 4.05. The molecule has 0 radical (unpaired) electrons. The van der Waals surface area contributed by atoms with Gasteiger partial charge in [-0.3, -0.25) is 4.68 Å². The third kappa shape index (κ3) is 3.39. The van der Waals surface area contributed by atoms with Gasteiger partial charge in [-0.05, 0) is 24.8 Å². The highest BCUT2D eigenvalue weighted by Gasteiger charge is 2.07. The molecule has 90 valence electrons. The van der Waals surface area contributed by atoms with Crippen molar-refractivity contribution in [1.82, 2.24) is 15.0 Å². The first-order valence-corrected chi connectivity index (χ1v) is 5.84. The highest BCUT2D eigenvalue weighted by atomic mass is 16.3. The molecule has 0 amide bonds. The maximum Gasteiger partial charge on any atom is 0.0827 e. The molecule has 4 nitrogen and oxygen atoms in total. The SMILES string of the molecule is Cn1cc(CCCC(O)c2ccccc2)nn1. The molecule has 1 unspecified atom stereocenters. The summed E-state index contributed by atoms with van der Waals surface area (Å²) < 4.78 is 1.70. The van der Waals surface area contributed by atoms with E-state index in [2.05, 4.69) is 10.3 Å². The number of hydrogen-bond donors (Lipinski definition) is 1. The van der Waals surface area contributed by atoms with Crippen LogP contribution in [0.4, 0.5) is 0 Å². The first-order valence-electron chi connectivity index (χ1n) is 5.84. The molecule has 2 rings (SSSR count). The molecule has 0 fully saturated rings. The van der Waals surface area contributed by atoms with Crippen LogP contribution >= 0.6 is 0 Å². The molecular formula is C13H17N3O. The van der Waals surface area contributed by atoms with E-state index >= 15 is 0 Å². The summed E-state index contributed by atoms with van der Waals surface area (Å²) in [4.78, 5) is 0. The lowest BCUT2D eigenvalue weighted by atomic mass is 10.0. The van der Waals surface area contributed by atoms with Gasteiger partial charge in [0.2, 0.25) is 0 Å². The van der Waals surface area contributed by atoms with Crippen LogP contribution in [0.15, 0.2) is 36.5 Å². The van der Waals surface area contributed by atoms with Gasteiger partial charge in [-0.25, -0.2) is 0 Å². The Morgan fingerprint density at radius 1 is 1.29 bits per heavy atom. The molecule has 4 heteroatoms. The van der Waals surface area contributed by atoms with Gasteiger partial charge in [-0.1, -0.05) is 35.5 Å². The maximum absolute atomic E-state index is 9.96. The minimum Gasteiger partial charge on any atom is -0.388 e. The summed E-state index contributed by atoms with van der Waals surface area (Å²) >= 11 is 0. The van der Waals surface area contributed by atoms with E-state index in [0.29, 0.717) is 0 Å². The van der Waals surface area contributed by atoms with Gasteiger partial charge in [0.05, 0.1) is 11.8 Å². The van der Waals surface area contributed by atoms with Crippen LogP contribution in [-0.4, -0.2) is 20.1 Å². The van der Waals surface area contributed by atoms with Crippen molar-refractivity contribution in [2.45, 2.75) is 25.4 Å². The molecule has 0 spiro atoms. The number of hydrogen-bond acceptors (Lipinski definition) is 3. The normalized spacial score (nSPS) is 12.6. The van der Waals surface area contributed by atoms with Crippen LogP contribution in [0.2, 0.25) is 0 Å². The molecule has 0 aliphatic rings. The molecule has 0 bridgehead atoms. The van der Waals surface area contributed by atoms with E-state index in [0.717, 1.165) is 30.5 Å². The standard InChI is InChI=1S/C13H17N3O/c1-16-10-12(14-15-16)8-5-9-13(17)11-6-3-2-4-7-11/h2-4,6-7,10,13,17H,5,8-9H2,1H3. The van der Waals surface area contributed by atoms with E-state index in [-0.39, 0.29) is 6.10 Å². The average Bonchev–Trinajstić information content (AvgIpc) is 2.76. The number of aliphatic hydroxyl groups excluding tert-OH is 1. The van der Waals surface area contributed by atoms with Crippen LogP contribution in [0, 0.1) is 0 Å². The first kappa shape index (κ1) is 11.8. The second kappa shape index (κ2) is 5.59. The summed E-state index contributed by atoms with van der Waals surface area (Å²) in [6.45, 7) is 0. The molecule has 0 saturated heterocycles. The van der Waals surface area contributed by atoms with E-state index in [9.17, 15) is 5.11 Å². The van der Waals surface area contributed by atoms with Crippen molar-refractivity contribution < 1.29 is 5.11 Å². The topological polar surface area (TPSA) is 50.9 Å². The Kier molecular flexibility index (Phi) is 3.88. The van der Waals surface area contributed by atoms with Gasteiger partial charge in [-0.2, -0.15) is 0 Å². The average molecular weight is 231 g/mol. The fourth-order valence-electron chi connectivity index (χ4n) is 1.83. The van der Waals surface area contributed by atoms with Crippen molar-refractivity contribution in [3.8, 4) is 0 Å². The molecule has 0 saturated carbocycles. The second-order valence-corrected chi connectivity index (χ2v) is 4.20. The molecule has 1 aromatic heterocycles. The molecule has 1 aromatic carbocycles. The quantitative estimate of drug-likeness (QED) is 0.854. The van der Waals surface area contributed by atoms with Crippen molar-refractivity contribution in [1.29, 1.82) is 0 Å². The van der Waals surface area contributed by atoms with Crippen molar-refractivity contribution in [2.75, 3.05) is 0 Å². The largest absolute Gasteiger partial charge is 0.388 e. The summed E-state index contributed by atoms with van der Waals surface area (Å²) in [7, 11) is 1.86. The molecular weight excluding hydrogens is 214 g/mol. The molecule has 17 heavy (non-hydrogen) atoms. The van der Waals surface area contributed by atoms with Crippen LogP contribution in [-0.2, 0) is 13.5 Å². The Balaban J connectivity index is 1.79. The van der Waals surface area contributed by atoms with Crippen LogP contribution in [0.3, 0.4) is 0 Å². The van der Waals surface area contributed by atoms with Gasteiger partial charge in [0, 0.05) is 13.2 Å². The van der Waals surface area contributed by atoms with Crippen molar-refractivity contribution in [3.63, 3.8) is 0 Å². The molecule has 2 aromatic rings. The first-order chi connectivity index (χ1) is 8.25. The number of aromatic nitrogens is 3. The van der Waals surface area contributed by atoms with Gasteiger partial charge in [0.25, 0.3) is 0 Å². The molecule has 1 heterocycles. The Morgan fingerprint density at radius 3 is 2.71 bits per heavy atom.